The second kappa shape index (κ2) is 12.4. The summed E-state index contributed by atoms with van der Waals surface area (Å²) in [6.07, 6.45) is 16.9. The van der Waals surface area contributed by atoms with E-state index in [0.717, 1.165) is 41.2 Å². The highest BCUT2D eigenvalue weighted by Crippen LogP contribution is 2.54. The summed E-state index contributed by atoms with van der Waals surface area (Å²) in [5.41, 5.74) is 10.7. The van der Waals surface area contributed by atoms with Gasteiger partial charge >= 0.3 is 0 Å². The Kier molecular flexibility index (Phi) is 7.39. The molecule has 0 saturated heterocycles. The summed E-state index contributed by atoms with van der Waals surface area (Å²) in [7, 11) is 0. The van der Waals surface area contributed by atoms with Gasteiger partial charge in [0.1, 0.15) is 0 Å². The van der Waals surface area contributed by atoms with E-state index in [1.165, 1.54) is 59.3 Å². The van der Waals surface area contributed by atoms with Crippen molar-refractivity contribution in [2.24, 2.45) is 0 Å². The van der Waals surface area contributed by atoms with Crippen molar-refractivity contribution in [3.63, 3.8) is 0 Å². The lowest BCUT2D eigenvalue weighted by Gasteiger charge is -2.19. The molecule has 3 atom stereocenters. The Hall–Kier alpha value is -5.03. The van der Waals surface area contributed by atoms with Crippen molar-refractivity contribution >= 4 is 43.3 Å². The Morgan fingerprint density at radius 1 is 0.620 bits per heavy atom. The van der Waals surface area contributed by atoms with E-state index in [9.17, 15) is 0 Å². The number of hydrogen-bond donors (Lipinski definition) is 0. The molecule has 5 aromatic carbocycles. The Labute approximate surface area is 301 Å². The summed E-state index contributed by atoms with van der Waals surface area (Å²) >= 11 is 3.96. The minimum absolute atomic E-state index is 0.203. The van der Waals surface area contributed by atoms with E-state index in [1.54, 1.807) is 0 Å². The molecule has 0 radical (unpaired) electrons. The average molecular weight is 679 g/mol. The number of thioether (sulfide) groups is 1. The van der Waals surface area contributed by atoms with Crippen molar-refractivity contribution < 1.29 is 0 Å². The van der Waals surface area contributed by atoms with Gasteiger partial charge in [-0.25, -0.2) is 9.97 Å². The Bertz CT molecular complexity index is 2520. The monoisotopic (exact) mass is 678 g/mol. The summed E-state index contributed by atoms with van der Waals surface area (Å²) in [6, 6.07) is 42.2. The molecule has 1 aliphatic heterocycles. The maximum Gasteiger partial charge on any atom is 0.160 e. The van der Waals surface area contributed by atoms with Crippen LogP contribution in [0.3, 0.4) is 0 Å². The minimum Gasteiger partial charge on any atom is -0.232 e. The zero-order valence-corrected chi connectivity index (χ0v) is 29.1. The lowest BCUT2D eigenvalue weighted by atomic mass is 9.86. The SMILES string of the molecule is C1=CCC(c2cc(-c3cc(-c4cccc5c4sc4ccccc45)ccc3-c3cccc4c3SC3CCC=CC43)nc(-c3ccccc3)n2)C=C1. The lowest BCUT2D eigenvalue weighted by molar-refractivity contribution is 0.683. The number of rotatable bonds is 5. The number of nitrogens with zero attached hydrogens (tertiary/aromatic N) is 2. The van der Waals surface area contributed by atoms with Crippen molar-refractivity contribution in [3.8, 4) is 44.9 Å². The van der Waals surface area contributed by atoms with Gasteiger partial charge in [0, 0.05) is 53.3 Å². The molecule has 2 aromatic heterocycles. The fourth-order valence-electron chi connectivity index (χ4n) is 8.00. The van der Waals surface area contributed by atoms with Crippen molar-refractivity contribution in [2.75, 3.05) is 0 Å². The molecule has 10 rings (SSSR count). The minimum atomic E-state index is 0.203. The van der Waals surface area contributed by atoms with E-state index in [2.05, 4.69) is 163 Å². The predicted molar refractivity (Wildman–Crippen MR) is 213 cm³/mol. The molecule has 0 saturated carbocycles. The number of fused-ring (bicyclic) bond motifs is 6. The Morgan fingerprint density at radius 3 is 2.40 bits per heavy atom. The van der Waals surface area contributed by atoms with Gasteiger partial charge in [-0.05, 0) is 65.3 Å². The molecular weight excluding hydrogens is 645 g/mol. The van der Waals surface area contributed by atoms with E-state index in [1.807, 2.05) is 11.3 Å². The van der Waals surface area contributed by atoms with E-state index in [4.69, 9.17) is 9.97 Å². The van der Waals surface area contributed by atoms with Gasteiger partial charge < -0.3 is 0 Å². The zero-order valence-electron chi connectivity index (χ0n) is 27.5. The fraction of sp³-hybridized carbons (Fsp3) is 0.130. The smallest absolute Gasteiger partial charge is 0.160 e. The number of aromatic nitrogens is 2. The molecule has 240 valence electrons. The third-order valence-corrected chi connectivity index (χ3v) is 13.2. The molecule has 0 spiro atoms. The summed E-state index contributed by atoms with van der Waals surface area (Å²) in [5.74, 6) is 1.46. The molecule has 50 heavy (non-hydrogen) atoms. The van der Waals surface area contributed by atoms with Crippen LogP contribution >= 0.6 is 23.1 Å². The van der Waals surface area contributed by atoms with Crippen LogP contribution in [-0.4, -0.2) is 15.2 Å². The standard InChI is InChI=1S/C46H34N2S2/c1-3-13-29(14-4-1)40-28-41(48-46(47-40)30-15-5-2-6-16-30)39-27-31(32-19-11-21-37-34-17-7-9-23-42(34)49-44(32)37)25-26-33(39)36-20-12-22-38-35-18-8-10-24-43(35)50-45(36)38/h1-9,11-13,15-23,25-29,35,43H,10,14,24H2. The number of benzene rings is 5. The average Bonchev–Trinajstić information content (AvgIpc) is 3.77. The number of thiophene rings is 1. The lowest BCUT2D eigenvalue weighted by Crippen LogP contribution is -2.10. The molecule has 3 unspecified atom stereocenters. The Morgan fingerprint density at radius 2 is 1.48 bits per heavy atom. The number of hydrogen-bond acceptors (Lipinski definition) is 4. The number of allylic oxidation sites excluding steroid dienone is 6. The summed E-state index contributed by atoms with van der Waals surface area (Å²) in [4.78, 5) is 12.0. The van der Waals surface area contributed by atoms with E-state index in [0.29, 0.717) is 11.2 Å². The van der Waals surface area contributed by atoms with Crippen LogP contribution in [0.1, 0.15) is 42.4 Å². The highest BCUT2D eigenvalue weighted by molar-refractivity contribution is 8.00. The van der Waals surface area contributed by atoms with Crippen molar-refractivity contribution in [3.05, 3.63) is 163 Å². The van der Waals surface area contributed by atoms with Gasteiger partial charge in [0.15, 0.2) is 5.82 Å². The topological polar surface area (TPSA) is 25.8 Å². The van der Waals surface area contributed by atoms with Crippen molar-refractivity contribution in [1.29, 1.82) is 0 Å². The van der Waals surface area contributed by atoms with E-state index < -0.39 is 0 Å². The molecule has 2 aliphatic carbocycles. The van der Waals surface area contributed by atoms with Crippen LogP contribution in [0.2, 0.25) is 0 Å². The molecule has 3 heterocycles. The van der Waals surface area contributed by atoms with Gasteiger partial charge in [-0.3, -0.25) is 0 Å². The van der Waals surface area contributed by atoms with Gasteiger partial charge in [-0.1, -0.05) is 134 Å². The molecular formula is C46H34N2S2. The van der Waals surface area contributed by atoms with Crippen LogP contribution in [0.4, 0.5) is 0 Å². The molecule has 0 N–H and O–H groups in total. The third-order valence-electron chi connectivity index (χ3n) is 10.5. The molecule has 0 amide bonds. The first kappa shape index (κ1) is 29.8. The summed E-state index contributed by atoms with van der Waals surface area (Å²) in [5, 5.41) is 3.24. The second-order valence-electron chi connectivity index (χ2n) is 13.5. The van der Waals surface area contributed by atoms with Gasteiger partial charge in [0.25, 0.3) is 0 Å². The molecule has 0 bridgehead atoms. The molecule has 7 aromatic rings. The van der Waals surface area contributed by atoms with Crippen LogP contribution in [0, 0.1) is 0 Å². The first-order valence-electron chi connectivity index (χ1n) is 17.6. The predicted octanol–water partition coefficient (Wildman–Crippen LogP) is 13.0. The normalized spacial score (nSPS) is 19.2. The zero-order chi connectivity index (χ0) is 33.0. The molecule has 2 nitrogen and oxygen atoms in total. The van der Waals surface area contributed by atoms with Gasteiger partial charge in [0.05, 0.1) is 11.4 Å². The third kappa shape index (κ3) is 5.09. The summed E-state index contributed by atoms with van der Waals surface area (Å²) < 4.78 is 2.65. The maximum atomic E-state index is 5.38. The largest absolute Gasteiger partial charge is 0.232 e. The first-order chi connectivity index (χ1) is 24.8. The Balaban J connectivity index is 1.22. The van der Waals surface area contributed by atoms with E-state index >= 15 is 0 Å². The molecule has 0 fully saturated rings. The van der Waals surface area contributed by atoms with Crippen LogP contribution < -0.4 is 0 Å². The van der Waals surface area contributed by atoms with Gasteiger partial charge in [0.2, 0.25) is 0 Å². The molecule has 3 aliphatic rings. The quantitative estimate of drug-likeness (QED) is 0.169. The first-order valence-corrected chi connectivity index (χ1v) is 19.3. The second-order valence-corrected chi connectivity index (χ2v) is 15.8. The van der Waals surface area contributed by atoms with Crippen molar-refractivity contribution in [2.45, 2.75) is 41.2 Å². The van der Waals surface area contributed by atoms with Crippen LogP contribution in [-0.2, 0) is 0 Å². The highest BCUT2D eigenvalue weighted by atomic mass is 32.2. The summed E-state index contributed by atoms with van der Waals surface area (Å²) in [6.45, 7) is 0. The maximum absolute atomic E-state index is 5.38. The van der Waals surface area contributed by atoms with Crippen LogP contribution in [0.25, 0.3) is 65.1 Å². The van der Waals surface area contributed by atoms with Gasteiger partial charge in [-0.2, -0.15) is 0 Å². The van der Waals surface area contributed by atoms with Crippen LogP contribution in [0.15, 0.2) is 157 Å². The van der Waals surface area contributed by atoms with Crippen LogP contribution in [0.5, 0.6) is 0 Å². The van der Waals surface area contributed by atoms with E-state index in [-0.39, 0.29) is 5.92 Å². The van der Waals surface area contributed by atoms with Crippen molar-refractivity contribution in [1.82, 2.24) is 9.97 Å². The fourth-order valence-corrected chi connectivity index (χ4v) is 10.8. The highest BCUT2D eigenvalue weighted by Gasteiger charge is 2.35. The molecule has 4 heteroatoms. The van der Waals surface area contributed by atoms with Gasteiger partial charge in [-0.15, -0.1) is 23.1 Å².